The lowest BCUT2D eigenvalue weighted by molar-refractivity contribution is -0.113. The maximum atomic E-state index is 12.3. The van der Waals surface area contributed by atoms with Crippen LogP contribution in [0.1, 0.15) is 11.4 Å². The predicted octanol–water partition coefficient (Wildman–Crippen LogP) is 4.28. The second-order valence-electron chi connectivity index (χ2n) is 6.09. The highest BCUT2D eigenvalue weighted by atomic mass is 32.2. The molecule has 0 aliphatic rings. The molecule has 4 aromatic rings. The Hall–Kier alpha value is -3.12. The molecule has 0 aliphatic heterocycles. The summed E-state index contributed by atoms with van der Waals surface area (Å²) in [6.45, 7) is 0. The molecule has 1 heterocycles. The molecule has 0 spiro atoms. The molecule has 0 fully saturated rings. The number of fused-ring (bicyclic) bond motifs is 1. The molecule has 0 saturated heterocycles. The Morgan fingerprint density at radius 1 is 0.963 bits per heavy atom. The Morgan fingerprint density at radius 2 is 1.74 bits per heavy atom. The zero-order valence-electron chi connectivity index (χ0n) is 14.6. The van der Waals surface area contributed by atoms with Gasteiger partial charge in [0.1, 0.15) is 5.82 Å². The number of carbonyl (C=O) groups is 1. The van der Waals surface area contributed by atoms with E-state index in [0.717, 1.165) is 22.3 Å². The summed E-state index contributed by atoms with van der Waals surface area (Å²) in [4.78, 5) is 16.8. The summed E-state index contributed by atoms with van der Waals surface area (Å²) < 4.78 is 0. The van der Waals surface area contributed by atoms with E-state index in [0.29, 0.717) is 11.6 Å². The van der Waals surface area contributed by atoms with Gasteiger partial charge < -0.3 is 5.32 Å². The van der Waals surface area contributed by atoms with E-state index in [4.69, 9.17) is 0 Å². The van der Waals surface area contributed by atoms with Gasteiger partial charge >= 0.3 is 0 Å². The van der Waals surface area contributed by atoms with E-state index in [2.05, 4.69) is 20.5 Å². The molecule has 6 heteroatoms. The number of H-pyrrole nitrogens is 1. The van der Waals surface area contributed by atoms with Crippen LogP contribution >= 0.6 is 11.8 Å². The molecular formula is C21H18N4OS. The van der Waals surface area contributed by atoms with Crippen molar-refractivity contribution in [2.75, 3.05) is 11.1 Å². The number of amides is 1. The van der Waals surface area contributed by atoms with Gasteiger partial charge in [-0.15, -0.1) is 5.10 Å². The molecule has 2 N–H and O–H groups in total. The quantitative estimate of drug-likeness (QED) is 0.494. The van der Waals surface area contributed by atoms with Crippen LogP contribution in [0.4, 0.5) is 5.69 Å². The van der Waals surface area contributed by atoms with Crippen molar-refractivity contribution in [3.8, 4) is 0 Å². The Bertz CT molecular complexity index is 1060. The molecule has 0 radical (unpaired) electrons. The van der Waals surface area contributed by atoms with Crippen LogP contribution in [0.2, 0.25) is 0 Å². The van der Waals surface area contributed by atoms with Crippen molar-refractivity contribution in [1.82, 2.24) is 15.2 Å². The fraction of sp³-hybridized carbons (Fsp3) is 0.0952. The van der Waals surface area contributed by atoms with E-state index < -0.39 is 0 Å². The highest BCUT2D eigenvalue weighted by molar-refractivity contribution is 7.99. The predicted molar refractivity (Wildman–Crippen MR) is 109 cm³/mol. The molecule has 134 valence electrons. The van der Waals surface area contributed by atoms with Gasteiger partial charge in [-0.25, -0.2) is 4.98 Å². The van der Waals surface area contributed by atoms with E-state index in [1.54, 1.807) is 0 Å². The average Bonchev–Trinajstić information content (AvgIpc) is 3.15. The number of nitrogens with zero attached hydrogens (tertiary/aromatic N) is 2. The fourth-order valence-electron chi connectivity index (χ4n) is 2.86. The zero-order chi connectivity index (χ0) is 18.5. The zero-order valence-corrected chi connectivity index (χ0v) is 15.4. The summed E-state index contributed by atoms with van der Waals surface area (Å²) in [5, 5.41) is 12.8. The maximum absolute atomic E-state index is 12.3. The van der Waals surface area contributed by atoms with Crippen molar-refractivity contribution in [1.29, 1.82) is 0 Å². The minimum absolute atomic E-state index is 0.0780. The number of anilines is 1. The van der Waals surface area contributed by atoms with Crippen LogP contribution in [0.15, 0.2) is 78.0 Å². The van der Waals surface area contributed by atoms with E-state index in [1.165, 1.54) is 17.3 Å². The number of carbonyl (C=O) groups excluding carboxylic acids is 1. The van der Waals surface area contributed by atoms with Gasteiger partial charge in [-0.1, -0.05) is 78.5 Å². The number of benzene rings is 3. The van der Waals surface area contributed by atoms with Crippen LogP contribution in [-0.4, -0.2) is 26.8 Å². The summed E-state index contributed by atoms with van der Waals surface area (Å²) in [6, 6.07) is 23.9. The largest absolute Gasteiger partial charge is 0.325 e. The van der Waals surface area contributed by atoms with Crippen molar-refractivity contribution >= 4 is 34.1 Å². The molecule has 4 rings (SSSR count). The highest BCUT2D eigenvalue weighted by Gasteiger charge is 2.10. The van der Waals surface area contributed by atoms with Crippen molar-refractivity contribution in [2.24, 2.45) is 0 Å². The highest BCUT2D eigenvalue weighted by Crippen LogP contribution is 2.23. The third-order valence-electron chi connectivity index (χ3n) is 4.12. The van der Waals surface area contributed by atoms with Crippen LogP contribution in [0.3, 0.4) is 0 Å². The second kappa shape index (κ2) is 8.05. The van der Waals surface area contributed by atoms with Gasteiger partial charge in [0.2, 0.25) is 11.1 Å². The third-order valence-corrected chi connectivity index (χ3v) is 4.97. The SMILES string of the molecule is O=C(CSc1n[nH]c(Cc2ccccc2)n1)Nc1cccc2ccccc12. The van der Waals surface area contributed by atoms with Crippen molar-refractivity contribution in [3.63, 3.8) is 0 Å². The summed E-state index contributed by atoms with van der Waals surface area (Å²) in [7, 11) is 0. The van der Waals surface area contributed by atoms with Crippen molar-refractivity contribution < 1.29 is 4.79 Å². The lowest BCUT2D eigenvalue weighted by Gasteiger charge is -2.08. The van der Waals surface area contributed by atoms with Crippen LogP contribution < -0.4 is 5.32 Å². The number of thioether (sulfide) groups is 1. The molecule has 0 atom stereocenters. The Labute approximate surface area is 161 Å². The molecular weight excluding hydrogens is 356 g/mol. The van der Waals surface area contributed by atoms with Crippen LogP contribution in [0.25, 0.3) is 10.8 Å². The van der Waals surface area contributed by atoms with Gasteiger partial charge in [-0.2, -0.15) is 0 Å². The van der Waals surface area contributed by atoms with Gasteiger partial charge in [0.15, 0.2) is 0 Å². The average molecular weight is 374 g/mol. The van der Waals surface area contributed by atoms with Crippen molar-refractivity contribution in [3.05, 3.63) is 84.2 Å². The van der Waals surface area contributed by atoms with E-state index in [9.17, 15) is 4.79 Å². The van der Waals surface area contributed by atoms with Crippen LogP contribution in [0, 0.1) is 0 Å². The van der Waals surface area contributed by atoms with Gasteiger partial charge in [0, 0.05) is 17.5 Å². The molecule has 1 amide bonds. The second-order valence-corrected chi connectivity index (χ2v) is 7.03. The molecule has 5 nitrogen and oxygen atoms in total. The Balaban J connectivity index is 1.35. The summed E-state index contributed by atoms with van der Waals surface area (Å²) in [5.41, 5.74) is 1.98. The maximum Gasteiger partial charge on any atom is 0.234 e. The number of aromatic nitrogens is 3. The Kier molecular flexibility index (Phi) is 5.16. The van der Waals surface area contributed by atoms with Gasteiger partial charge in [-0.3, -0.25) is 9.89 Å². The van der Waals surface area contributed by atoms with Crippen LogP contribution in [-0.2, 0) is 11.2 Å². The molecule has 3 aromatic carbocycles. The van der Waals surface area contributed by atoms with Crippen molar-refractivity contribution in [2.45, 2.75) is 11.6 Å². The summed E-state index contributed by atoms with van der Waals surface area (Å²) >= 11 is 1.32. The fourth-order valence-corrected chi connectivity index (χ4v) is 3.48. The summed E-state index contributed by atoms with van der Waals surface area (Å²) in [5.74, 6) is 0.968. The lowest BCUT2D eigenvalue weighted by atomic mass is 10.1. The van der Waals surface area contributed by atoms with Gasteiger partial charge in [0.25, 0.3) is 0 Å². The number of aromatic amines is 1. The van der Waals surface area contributed by atoms with Gasteiger partial charge in [0.05, 0.1) is 5.75 Å². The Morgan fingerprint density at radius 3 is 2.63 bits per heavy atom. The summed E-state index contributed by atoms with van der Waals surface area (Å²) in [6.07, 6.45) is 0.691. The van der Waals surface area contributed by atoms with E-state index in [1.807, 2.05) is 72.8 Å². The first-order valence-electron chi connectivity index (χ1n) is 8.63. The van der Waals surface area contributed by atoms with E-state index >= 15 is 0 Å². The number of hydrogen-bond acceptors (Lipinski definition) is 4. The number of hydrogen-bond donors (Lipinski definition) is 2. The first-order chi connectivity index (χ1) is 13.3. The lowest BCUT2D eigenvalue weighted by Crippen LogP contribution is -2.14. The monoisotopic (exact) mass is 374 g/mol. The molecule has 27 heavy (non-hydrogen) atoms. The normalized spacial score (nSPS) is 10.8. The molecule has 0 unspecified atom stereocenters. The molecule has 0 saturated carbocycles. The molecule has 0 bridgehead atoms. The minimum atomic E-state index is -0.0780. The minimum Gasteiger partial charge on any atom is -0.325 e. The third kappa shape index (κ3) is 4.35. The molecule has 0 aliphatic carbocycles. The first-order valence-corrected chi connectivity index (χ1v) is 9.62. The molecule has 1 aromatic heterocycles. The van der Waals surface area contributed by atoms with E-state index in [-0.39, 0.29) is 11.7 Å². The van der Waals surface area contributed by atoms with Gasteiger partial charge in [-0.05, 0) is 17.0 Å². The smallest absolute Gasteiger partial charge is 0.234 e. The standard InChI is InChI=1S/C21H18N4OS/c26-20(22-18-12-6-10-16-9-4-5-11-17(16)18)14-27-21-23-19(24-25-21)13-15-7-2-1-3-8-15/h1-12H,13-14H2,(H,22,26)(H,23,24,25). The number of rotatable bonds is 6. The van der Waals surface area contributed by atoms with Crippen LogP contribution in [0.5, 0.6) is 0 Å². The number of nitrogens with one attached hydrogen (secondary N) is 2. The topological polar surface area (TPSA) is 70.7 Å². The first kappa shape index (κ1) is 17.3.